The summed E-state index contributed by atoms with van der Waals surface area (Å²) in [4.78, 5) is 12.0. The van der Waals surface area contributed by atoms with Gasteiger partial charge in [-0.15, -0.1) is 0 Å². The zero-order chi connectivity index (χ0) is 16.4. The first-order chi connectivity index (χ1) is 10.5. The second kappa shape index (κ2) is 10.5. The molecule has 126 valence electrons. The molecule has 0 radical (unpaired) electrons. The van der Waals surface area contributed by atoms with Gasteiger partial charge >= 0.3 is 0 Å². The van der Waals surface area contributed by atoms with Crippen LogP contribution in [0.2, 0.25) is 0 Å². The van der Waals surface area contributed by atoms with Crippen molar-refractivity contribution in [1.82, 2.24) is 20.1 Å². The Labute approximate surface area is 138 Å². The van der Waals surface area contributed by atoms with E-state index in [1.165, 1.54) is 25.7 Å². The molecule has 1 amide bonds. The number of unbranched alkanes of at least 4 members (excludes halogenated alkanes) is 3. The molecule has 5 nitrogen and oxygen atoms in total. The van der Waals surface area contributed by atoms with Gasteiger partial charge < -0.3 is 5.32 Å². The lowest BCUT2D eigenvalue weighted by molar-refractivity contribution is -0.121. The Hall–Kier alpha value is -1.17. The number of carbonyl (C=O) groups is 1. The molecule has 1 aromatic rings. The number of amides is 1. The Bertz CT molecular complexity index is 493. The number of H-pyrrole nitrogens is 1. The summed E-state index contributed by atoms with van der Waals surface area (Å²) in [7, 11) is 0. The minimum Gasteiger partial charge on any atom is -0.355 e. The predicted molar refractivity (Wildman–Crippen MR) is 92.3 cm³/mol. The molecule has 2 N–H and O–H groups in total. The standard InChI is InChI=1S/C16H30N4OS/c1-4-9-14-18-19-16(22)20(14)12-15(21)17-11-8-6-5-7-10-13(2)3/h13H,4-12H2,1-3H3,(H,17,21)(H,19,22). The lowest BCUT2D eigenvalue weighted by Crippen LogP contribution is -2.29. The van der Waals surface area contributed by atoms with E-state index in [9.17, 15) is 4.79 Å². The molecule has 0 aromatic carbocycles. The summed E-state index contributed by atoms with van der Waals surface area (Å²) in [5.74, 6) is 1.66. The van der Waals surface area contributed by atoms with E-state index in [1.807, 2.05) is 0 Å². The summed E-state index contributed by atoms with van der Waals surface area (Å²) < 4.78 is 2.31. The van der Waals surface area contributed by atoms with Crippen molar-refractivity contribution in [3.8, 4) is 0 Å². The number of nitrogens with one attached hydrogen (secondary N) is 2. The summed E-state index contributed by atoms with van der Waals surface area (Å²) in [5.41, 5.74) is 0. The molecule has 0 fully saturated rings. The van der Waals surface area contributed by atoms with E-state index in [0.717, 1.165) is 37.5 Å². The fourth-order valence-corrected chi connectivity index (χ4v) is 2.60. The number of aromatic nitrogens is 3. The molecule has 0 aliphatic carbocycles. The summed E-state index contributed by atoms with van der Waals surface area (Å²) in [6, 6.07) is 0. The van der Waals surface area contributed by atoms with Crippen LogP contribution in [0, 0.1) is 10.7 Å². The molecule has 0 saturated carbocycles. The predicted octanol–water partition coefficient (Wildman–Crippen LogP) is 3.62. The fraction of sp³-hybridized carbons (Fsp3) is 0.812. The molecule has 0 aliphatic heterocycles. The third kappa shape index (κ3) is 7.20. The van der Waals surface area contributed by atoms with Gasteiger partial charge in [-0.3, -0.25) is 14.5 Å². The van der Waals surface area contributed by atoms with Crippen molar-refractivity contribution < 1.29 is 4.79 Å². The Balaban J connectivity index is 2.21. The van der Waals surface area contributed by atoms with Gasteiger partial charge in [-0.05, 0) is 31.0 Å². The molecule has 1 heterocycles. The largest absolute Gasteiger partial charge is 0.355 e. The van der Waals surface area contributed by atoms with Gasteiger partial charge in [0.25, 0.3) is 0 Å². The molecule has 0 bridgehead atoms. The zero-order valence-corrected chi connectivity index (χ0v) is 15.0. The smallest absolute Gasteiger partial charge is 0.240 e. The molecule has 0 spiro atoms. The molecule has 0 aliphatic rings. The van der Waals surface area contributed by atoms with Gasteiger partial charge in [0.1, 0.15) is 12.4 Å². The Kier molecular flexibility index (Phi) is 9.04. The second-order valence-corrected chi connectivity index (χ2v) is 6.61. The first-order valence-electron chi connectivity index (χ1n) is 8.45. The molecule has 1 rings (SSSR count). The number of nitrogens with zero attached hydrogens (tertiary/aromatic N) is 2. The van der Waals surface area contributed by atoms with Crippen LogP contribution < -0.4 is 5.32 Å². The van der Waals surface area contributed by atoms with Crippen LogP contribution in [0.5, 0.6) is 0 Å². The molecular formula is C16H30N4OS. The van der Waals surface area contributed by atoms with Crippen LogP contribution in [0.3, 0.4) is 0 Å². The van der Waals surface area contributed by atoms with E-state index >= 15 is 0 Å². The van der Waals surface area contributed by atoms with Crippen LogP contribution in [0.4, 0.5) is 0 Å². The number of aryl methyl sites for hydroxylation is 1. The van der Waals surface area contributed by atoms with Crippen molar-refractivity contribution in [2.75, 3.05) is 6.54 Å². The number of rotatable bonds is 11. The number of hydrogen-bond acceptors (Lipinski definition) is 3. The molecule has 6 heteroatoms. The highest BCUT2D eigenvalue weighted by Crippen LogP contribution is 2.09. The molecule has 22 heavy (non-hydrogen) atoms. The van der Waals surface area contributed by atoms with Crippen LogP contribution >= 0.6 is 12.2 Å². The summed E-state index contributed by atoms with van der Waals surface area (Å²) in [6.07, 6.45) is 7.87. The third-order valence-electron chi connectivity index (χ3n) is 3.64. The number of aromatic amines is 1. The Morgan fingerprint density at radius 2 is 2.05 bits per heavy atom. The van der Waals surface area contributed by atoms with E-state index in [1.54, 1.807) is 4.57 Å². The average Bonchev–Trinajstić information content (AvgIpc) is 2.79. The van der Waals surface area contributed by atoms with Crippen molar-refractivity contribution >= 4 is 18.1 Å². The van der Waals surface area contributed by atoms with Crippen molar-refractivity contribution in [2.45, 2.75) is 72.3 Å². The average molecular weight is 327 g/mol. The van der Waals surface area contributed by atoms with Crippen molar-refractivity contribution in [1.29, 1.82) is 0 Å². The first-order valence-corrected chi connectivity index (χ1v) is 8.86. The minimum atomic E-state index is 0.0111. The topological polar surface area (TPSA) is 62.7 Å². The maximum atomic E-state index is 12.0. The van der Waals surface area contributed by atoms with Crippen LogP contribution in [-0.4, -0.2) is 27.2 Å². The summed E-state index contributed by atoms with van der Waals surface area (Å²) in [6.45, 7) is 7.61. The van der Waals surface area contributed by atoms with Gasteiger partial charge in [0.05, 0.1) is 0 Å². The van der Waals surface area contributed by atoms with E-state index in [4.69, 9.17) is 12.2 Å². The van der Waals surface area contributed by atoms with Gasteiger partial charge in [-0.2, -0.15) is 5.10 Å². The van der Waals surface area contributed by atoms with Crippen LogP contribution in [0.15, 0.2) is 0 Å². The summed E-state index contributed by atoms with van der Waals surface area (Å²) in [5, 5.41) is 9.90. The number of carbonyl (C=O) groups excluding carboxylic acids is 1. The molecule has 0 unspecified atom stereocenters. The monoisotopic (exact) mass is 326 g/mol. The van der Waals surface area contributed by atoms with Crippen LogP contribution in [0.25, 0.3) is 0 Å². The van der Waals surface area contributed by atoms with Crippen molar-refractivity contribution in [3.63, 3.8) is 0 Å². The van der Waals surface area contributed by atoms with E-state index in [2.05, 4.69) is 36.3 Å². The quantitative estimate of drug-likeness (QED) is 0.482. The maximum Gasteiger partial charge on any atom is 0.240 e. The van der Waals surface area contributed by atoms with Gasteiger partial charge in [-0.25, -0.2) is 0 Å². The second-order valence-electron chi connectivity index (χ2n) is 6.23. The van der Waals surface area contributed by atoms with Gasteiger partial charge in [0.15, 0.2) is 4.77 Å². The Morgan fingerprint density at radius 3 is 2.73 bits per heavy atom. The maximum absolute atomic E-state index is 12.0. The summed E-state index contributed by atoms with van der Waals surface area (Å²) >= 11 is 5.17. The van der Waals surface area contributed by atoms with E-state index < -0.39 is 0 Å². The van der Waals surface area contributed by atoms with Crippen molar-refractivity contribution in [2.24, 2.45) is 5.92 Å². The highest BCUT2D eigenvalue weighted by Gasteiger charge is 2.09. The normalized spacial score (nSPS) is 11.1. The van der Waals surface area contributed by atoms with E-state index in [-0.39, 0.29) is 12.5 Å². The molecular weight excluding hydrogens is 296 g/mol. The highest BCUT2D eigenvalue weighted by atomic mass is 32.1. The zero-order valence-electron chi connectivity index (χ0n) is 14.2. The lowest BCUT2D eigenvalue weighted by Gasteiger charge is -2.08. The Morgan fingerprint density at radius 1 is 1.32 bits per heavy atom. The number of hydrogen-bond donors (Lipinski definition) is 2. The van der Waals surface area contributed by atoms with Crippen LogP contribution in [-0.2, 0) is 17.8 Å². The fourth-order valence-electron chi connectivity index (χ4n) is 2.39. The molecule has 1 aromatic heterocycles. The highest BCUT2D eigenvalue weighted by molar-refractivity contribution is 7.71. The third-order valence-corrected chi connectivity index (χ3v) is 3.95. The van der Waals surface area contributed by atoms with Crippen molar-refractivity contribution in [3.05, 3.63) is 10.6 Å². The first kappa shape index (κ1) is 18.9. The van der Waals surface area contributed by atoms with Gasteiger partial charge in [-0.1, -0.05) is 46.5 Å². The van der Waals surface area contributed by atoms with Gasteiger partial charge in [0.2, 0.25) is 5.91 Å². The molecule has 0 atom stereocenters. The van der Waals surface area contributed by atoms with Gasteiger partial charge in [0, 0.05) is 13.0 Å². The lowest BCUT2D eigenvalue weighted by atomic mass is 10.0. The molecule has 0 saturated heterocycles. The van der Waals surface area contributed by atoms with Crippen LogP contribution in [0.1, 0.15) is 65.1 Å². The minimum absolute atomic E-state index is 0.0111. The SMILES string of the molecule is CCCc1n[nH]c(=S)n1CC(=O)NCCCCCCC(C)C. The van der Waals surface area contributed by atoms with E-state index in [0.29, 0.717) is 4.77 Å².